The summed E-state index contributed by atoms with van der Waals surface area (Å²) >= 11 is 0. The Hall–Kier alpha value is -1.38. The van der Waals surface area contributed by atoms with Crippen LogP contribution in [0.1, 0.15) is 18.2 Å². The summed E-state index contributed by atoms with van der Waals surface area (Å²) < 4.78 is 0. The monoisotopic (exact) mass is 149 g/mol. The van der Waals surface area contributed by atoms with Crippen molar-refractivity contribution in [2.75, 3.05) is 0 Å². The molecular formula is C8H11N3. The summed E-state index contributed by atoms with van der Waals surface area (Å²) in [6.07, 6.45) is 3.00. The van der Waals surface area contributed by atoms with Crippen molar-refractivity contribution in [2.45, 2.75) is 13.8 Å². The number of hydrogen-bond donors (Lipinski definition) is 2. The molecule has 0 saturated heterocycles. The van der Waals surface area contributed by atoms with Crippen molar-refractivity contribution in [3.05, 3.63) is 17.3 Å². The third kappa shape index (κ3) is 1.55. The van der Waals surface area contributed by atoms with Gasteiger partial charge in [0.15, 0.2) is 0 Å². The average molecular weight is 149 g/mol. The zero-order valence-electron chi connectivity index (χ0n) is 6.68. The molecule has 0 bridgehead atoms. The van der Waals surface area contributed by atoms with Crippen molar-refractivity contribution >= 4 is 18.2 Å². The molecule has 0 atom stereocenters. The molecule has 0 saturated carbocycles. The lowest BCUT2D eigenvalue weighted by Gasteiger charge is -1.87. The van der Waals surface area contributed by atoms with Crippen LogP contribution in [0.2, 0.25) is 0 Å². The highest BCUT2D eigenvalue weighted by atomic mass is 14.9. The van der Waals surface area contributed by atoms with Gasteiger partial charge in [0.2, 0.25) is 0 Å². The van der Waals surface area contributed by atoms with Gasteiger partial charge in [0, 0.05) is 23.7 Å². The van der Waals surface area contributed by atoms with Crippen molar-refractivity contribution in [2.24, 2.45) is 4.99 Å². The summed E-state index contributed by atoms with van der Waals surface area (Å²) in [6, 6.07) is 1.90. The van der Waals surface area contributed by atoms with Gasteiger partial charge in [-0.15, -0.1) is 0 Å². The predicted octanol–water partition coefficient (Wildman–Crippen LogP) is 2.04. The van der Waals surface area contributed by atoms with Crippen molar-refractivity contribution in [3.63, 3.8) is 0 Å². The van der Waals surface area contributed by atoms with Crippen molar-refractivity contribution < 1.29 is 0 Å². The number of H-pyrrole nitrogens is 1. The first-order valence-electron chi connectivity index (χ1n) is 3.46. The third-order valence-electron chi connectivity index (χ3n) is 1.37. The average Bonchev–Trinajstić information content (AvgIpc) is 2.32. The van der Waals surface area contributed by atoms with Crippen LogP contribution in [0.5, 0.6) is 0 Å². The van der Waals surface area contributed by atoms with Crippen LogP contribution in [0.15, 0.2) is 11.1 Å². The second kappa shape index (κ2) is 3.14. The van der Waals surface area contributed by atoms with Crippen LogP contribution in [-0.4, -0.2) is 17.4 Å². The Balaban J connectivity index is 3.11. The van der Waals surface area contributed by atoms with Crippen LogP contribution in [-0.2, 0) is 0 Å². The van der Waals surface area contributed by atoms with Crippen LogP contribution in [0, 0.1) is 12.3 Å². The van der Waals surface area contributed by atoms with E-state index in [1.54, 1.807) is 6.21 Å². The number of aromatic amines is 1. The van der Waals surface area contributed by atoms with Gasteiger partial charge in [-0.2, -0.15) is 0 Å². The molecule has 11 heavy (non-hydrogen) atoms. The van der Waals surface area contributed by atoms with Gasteiger partial charge in [0.05, 0.1) is 0 Å². The third-order valence-corrected chi connectivity index (χ3v) is 1.37. The molecule has 3 nitrogen and oxygen atoms in total. The highest BCUT2D eigenvalue weighted by molar-refractivity contribution is 5.85. The molecule has 0 aliphatic heterocycles. The first kappa shape index (κ1) is 7.72. The summed E-state index contributed by atoms with van der Waals surface area (Å²) in [4.78, 5) is 7.11. The van der Waals surface area contributed by atoms with E-state index in [1.807, 2.05) is 19.9 Å². The Kier molecular flexibility index (Phi) is 2.21. The Morgan fingerprint density at radius 2 is 2.36 bits per heavy atom. The van der Waals surface area contributed by atoms with E-state index in [0.717, 1.165) is 17.1 Å². The maximum atomic E-state index is 7.06. The molecule has 0 fully saturated rings. The number of rotatable bonds is 2. The minimum atomic E-state index is 0.764. The normalized spacial score (nSPS) is 10.7. The van der Waals surface area contributed by atoms with Crippen molar-refractivity contribution in [3.8, 4) is 0 Å². The smallest absolute Gasteiger partial charge is 0.138 e. The van der Waals surface area contributed by atoms with Gasteiger partial charge < -0.3 is 10.4 Å². The lowest BCUT2D eigenvalue weighted by molar-refractivity contribution is 1.24. The van der Waals surface area contributed by atoms with E-state index in [0.29, 0.717) is 0 Å². The molecule has 3 heteroatoms. The summed E-state index contributed by atoms with van der Waals surface area (Å²) in [5, 5.41) is 7.06. The second-order valence-corrected chi connectivity index (χ2v) is 2.29. The molecule has 0 unspecified atom stereocenters. The van der Waals surface area contributed by atoms with Crippen molar-refractivity contribution in [1.82, 2.24) is 4.98 Å². The maximum Gasteiger partial charge on any atom is 0.138 e. The molecule has 1 aromatic heterocycles. The first-order valence-corrected chi connectivity index (χ1v) is 3.46. The summed E-state index contributed by atoms with van der Waals surface area (Å²) in [5.74, 6) is 0.764. The summed E-state index contributed by atoms with van der Waals surface area (Å²) in [6.45, 7) is 3.80. The first-order chi connectivity index (χ1) is 5.27. The standard InChI is InChI=1S/C8H11N3/c1-3-10-8-7(5-9)4-6(2)11-8/h3-5,9,11H,1-2H3/b9-5?,10-3+. The fourth-order valence-corrected chi connectivity index (χ4v) is 0.943. The number of aliphatic imine (C=N–C) groups is 1. The van der Waals surface area contributed by atoms with Crippen LogP contribution in [0.4, 0.5) is 5.82 Å². The van der Waals surface area contributed by atoms with E-state index in [9.17, 15) is 0 Å². The van der Waals surface area contributed by atoms with Gasteiger partial charge in [-0.25, -0.2) is 4.99 Å². The highest BCUT2D eigenvalue weighted by Gasteiger charge is 1.99. The SMILES string of the molecule is C/C=N/c1[nH]c(C)cc1C=N. The fraction of sp³-hybridized carbons (Fsp3) is 0.250. The molecule has 0 aromatic carbocycles. The lowest BCUT2D eigenvalue weighted by atomic mass is 10.3. The van der Waals surface area contributed by atoms with E-state index in [4.69, 9.17) is 5.41 Å². The molecule has 1 heterocycles. The van der Waals surface area contributed by atoms with E-state index in [2.05, 4.69) is 9.98 Å². The van der Waals surface area contributed by atoms with E-state index in [1.165, 1.54) is 6.21 Å². The number of hydrogen-bond acceptors (Lipinski definition) is 2. The Labute approximate surface area is 65.7 Å². The molecular weight excluding hydrogens is 138 g/mol. The van der Waals surface area contributed by atoms with E-state index in [-0.39, 0.29) is 0 Å². The largest absolute Gasteiger partial charge is 0.344 e. The zero-order valence-corrected chi connectivity index (χ0v) is 6.68. The quantitative estimate of drug-likeness (QED) is 0.605. The van der Waals surface area contributed by atoms with Gasteiger partial charge in [-0.05, 0) is 19.9 Å². The van der Waals surface area contributed by atoms with Crippen LogP contribution in [0.25, 0.3) is 0 Å². The molecule has 0 radical (unpaired) electrons. The van der Waals surface area contributed by atoms with Crippen LogP contribution in [0.3, 0.4) is 0 Å². The van der Waals surface area contributed by atoms with Crippen LogP contribution >= 0.6 is 0 Å². The topological polar surface area (TPSA) is 52.0 Å². The number of aromatic nitrogens is 1. The molecule has 0 aliphatic rings. The molecule has 0 aliphatic carbocycles. The number of aryl methyl sites for hydroxylation is 1. The van der Waals surface area contributed by atoms with Gasteiger partial charge >= 0.3 is 0 Å². The van der Waals surface area contributed by atoms with Gasteiger partial charge in [-0.1, -0.05) is 0 Å². The Morgan fingerprint density at radius 3 is 2.91 bits per heavy atom. The molecule has 1 aromatic rings. The zero-order chi connectivity index (χ0) is 8.27. The maximum absolute atomic E-state index is 7.06. The number of nitrogens with zero attached hydrogens (tertiary/aromatic N) is 1. The molecule has 0 spiro atoms. The molecule has 1 rings (SSSR count). The van der Waals surface area contributed by atoms with Crippen LogP contribution < -0.4 is 0 Å². The summed E-state index contributed by atoms with van der Waals surface area (Å²) in [5.41, 5.74) is 1.87. The molecule has 0 amide bonds. The Bertz CT molecular complexity index is 284. The van der Waals surface area contributed by atoms with E-state index >= 15 is 0 Å². The van der Waals surface area contributed by atoms with E-state index < -0.39 is 0 Å². The number of nitrogens with one attached hydrogen (secondary N) is 2. The lowest BCUT2D eigenvalue weighted by Crippen LogP contribution is -1.73. The second-order valence-electron chi connectivity index (χ2n) is 2.29. The minimum absolute atomic E-state index is 0.764. The van der Waals surface area contributed by atoms with Gasteiger partial charge in [0.1, 0.15) is 5.82 Å². The minimum Gasteiger partial charge on any atom is -0.344 e. The van der Waals surface area contributed by atoms with Gasteiger partial charge in [-0.3, -0.25) is 0 Å². The molecule has 2 N–H and O–H groups in total. The Morgan fingerprint density at radius 1 is 1.64 bits per heavy atom. The fourth-order valence-electron chi connectivity index (χ4n) is 0.943. The molecule has 58 valence electrons. The van der Waals surface area contributed by atoms with Gasteiger partial charge in [0.25, 0.3) is 0 Å². The van der Waals surface area contributed by atoms with Crippen molar-refractivity contribution in [1.29, 1.82) is 5.41 Å². The predicted molar refractivity (Wildman–Crippen MR) is 47.2 cm³/mol. The highest BCUT2D eigenvalue weighted by Crippen LogP contribution is 2.16. The summed E-state index contributed by atoms with van der Waals surface area (Å²) in [7, 11) is 0.